The number of benzene rings is 6. The minimum Gasteiger partial charge on any atom is -0.452 e. The summed E-state index contributed by atoms with van der Waals surface area (Å²) in [5.74, 6) is 0.681. The van der Waals surface area contributed by atoms with Crippen LogP contribution < -0.4 is 0 Å². The molecule has 0 atom stereocenters. The van der Waals surface area contributed by atoms with Crippen LogP contribution in [0.15, 0.2) is 144 Å². The highest BCUT2D eigenvalue weighted by molar-refractivity contribution is 6.13. The van der Waals surface area contributed by atoms with Crippen molar-refractivity contribution in [2.24, 2.45) is 0 Å². The molecule has 3 aromatic heterocycles. The van der Waals surface area contributed by atoms with Crippen LogP contribution >= 0.6 is 0 Å². The molecule has 0 N–H and O–H groups in total. The van der Waals surface area contributed by atoms with Gasteiger partial charge in [-0.25, -0.2) is 9.97 Å². The maximum absolute atomic E-state index is 6.58. The van der Waals surface area contributed by atoms with E-state index in [1.165, 1.54) is 16.3 Å². The van der Waals surface area contributed by atoms with Crippen molar-refractivity contribution in [2.45, 2.75) is 0 Å². The number of furan rings is 1. The van der Waals surface area contributed by atoms with Crippen LogP contribution in [-0.2, 0) is 0 Å². The standard InChI is InChI=1S/C38H23N3O/c1-3-11-24(12-4-1)38-39-35(37-36(40-38)31-21-25-13-7-8-14-26(25)23-34(31)42-37)27-19-20-33-30(22-27)29-17-9-10-18-32(29)41(33)28-15-5-2-6-16-28/h1-23H. The molecule has 0 aliphatic carbocycles. The fourth-order valence-electron chi connectivity index (χ4n) is 6.22. The third kappa shape index (κ3) is 3.42. The fourth-order valence-corrected chi connectivity index (χ4v) is 6.22. The van der Waals surface area contributed by atoms with Crippen LogP contribution in [-0.4, -0.2) is 14.5 Å². The average molecular weight is 538 g/mol. The minimum absolute atomic E-state index is 0.681. The number of hydrogen-bond acceptors (Lipinski definition) is 3. The zero-order valence-corrected chi connectivity index (χ0v) is 22.5. The van der Waals surface area contributed by atoms with Gasteiger partial charge in [0.05, 0.1) is 11.0 Å². The number of rotatable bonds is 3. The highest BCUT2D eigenvalue weighted by Crippen LogP contribution is 2.40. The van der Waals surface area contributed by atoms with Crippen LogP contribution in [0.3, 0.4) is 0 Å². The van der Waals surface area contributed by atoms with Gasteiger partial charge < -0.3 is 8.98 Å². The Kier molecular flexibility index (Phi) is 4.87. The molecule has 6 aromatic carbocycles. The topological polar surface area (TPSA) is 43.9 Å². The Labute approximate surface area is 241 Å². The lowest BCUT2D eigenvalue weighted by Crippen LogP contribution is -1.95. The van der Waals surface area contributed by atoms with E-state index < -0.39 is 0 Å². The summed E-state index contributed by atoms with van der Waals surface area (Å²) < 4.78 is 8.91. The van der Waals surface area contributed by atoms with Crippen molar-refractivity contribution in [3.63, 3.8) is 0 Å². The van der Waals surface area contributed by atoms with Crippen molar-refractivity contribution < 1.29 is 4.42 Å². The minimum atomic E-state index is 0.681. The molecule has 0 saturated carbocycles. The van der Waals surface area contributed by atoms with Gasteiger partial charge >= 0.3 is 0 Å². The molecule has 0 unspecified atom stereocenters. The number of nitrogens with zero attached hydrogens (tertiary/aromatic N) is 3. The van der Waals surface area contributed by atoms with Crippen LogP contribution in [0, 0.1) is 0 Å². The summed E-state index contributed by atoms with van der Waals surface area (Å²) in [6, 6.07) is 48.5. The third-order valence-electron chi connectivity index (χ3n) is 8.17. The molecule has 0 amide bonds. The molecule has 0 saturated heterocycles. The van der Waals surface area contributed by atoms with E-state index in [0.29, 0.717) is 11.4 Å². The van der Waals surface area contributed by atoms with Crippen molar-refractivity contribution in [3.8, 4) is 28.3 Å². The third-order valence-corrected chi connectivity index (χ3v) is 8.17. The fraction of sp³-hybridized carbons (Fsp3) is 0. The number of fused-ring (bicyclic) bond motifs is 7. The van der Waals surface area contributed by atoms with Gasteiger partial charge in [-0.05, 0) is 53.2 Å². The second-order valence-electron chi connectivity index (χ2n) is 10.7. The van der Waals surface area contributed by atoms with E-state index in [1.807, 2.05) is 18.2 Å². The van der Waals surface area contributed by atoms with Crippen LogP contribution in [0.5, 0.6) is 0 Å². The van der Waals surface area contributed by atoms with Crippen LogP contribution in [0.2, 0.25) is 0 Å². The first-order chi connectivity index (χ1) is 20.8. The first-order valence-electron chi connectivity index (χ1n) is 14.1. The molecule has 4 nitrogen and oxygen atoms in total. The maximum atomic E-state index is 6.58. The van der Waals surface area contributed by atoms with Gasteiger partial charge in [-0.2, -0.15) is 0 Å². The van der Waals surface area contributed by atoms with Crippen LogP contribution in [0.4, 0.5) is 0 Å². The molecule has 0 radical (unpaired) electrons. The second-order valence-corrected chi connectivity index (χ2v) is 10.7. The molecule has 196 valence electrons. The monoisotopic (exact) mass is 537 g/mol. The predicted molar refractivity (Wildman–Crippen MR) is 172 cm³/mol. The van der Waals surface area contributed by atoms with Crippen LogP contribution in [0.25, 0.3) is 83.0 Å². The van der Waals surface area contributed by atoms with E-state index in [0.717, 1.165) is 55.3 Å². The molecule has 0 spiro atoms. The highest BCUT2D eigenvalue weighted by Gasteiger charge is 2.20. The molecule has 9 aromatic rings. The lowest BCUT2D eigenvalue weighted by Gasteiger charge is -2.09. The Balaban J connectivity index is 1.36. The maximum Gasteiger partial charge on any atom is 0.180 e. The van der Waals surface area contributed by atoms with Gasteiger partial charge in [-0.1, -0.05) is 97.1 Å². The van der Waals surface area contributed by atoms with Crippen molar-refractivity contribution in [1.29, 1.82) is 0 Å². The Morgan fingerprint density at radius 2 is 1.19 bits per heavy atom. The zero-order chi connectivity index (χ0) is 27.6. The predicted octanol–water partition coefficient (Wildman–Crippen LogP) is 9.96. The largest absolute Gasteiger partial charge is 0.452 e. The lowest BCUT2D eigenvalue weighted by molar-refractivity contribution is 0.668. The first kappa shape index (κ1) is 23.0. The number of para-hydroxylation sites is 2. The van der Waals surface area contributed by atoms with E-state index in [9.17, 15) is 0 Å². The first-order valence-corrected chi connectivity index (χ1v) is 14.1. The lowest BCUT2D eigenvalue weighted by atomic mass is 10.0. The van der Waals surface area contributed by atoms with E-state index in [-0.39, 0.29) is 0 Å². The highest BCUT2D eigenvalue weighted by atomic mass is 16.3. The summed E-state index contributed by atoms with van der Waals surface area (Å²) in [6.07, 6.45) is 0. The molecular formula is C38H23N3O. The van der Waals surface area contributed by atoms with E-state index in [1.54, 1.807) is 0 Å². The summed E-state index contributed by atoms with van der Waals surface area (Å²) in [6.45, 7) is 0. The Hall–Kier alpha value is -5.74. The number of hydrogen-bond donors (Lipinski definition) is 0. The number of aromatic nitrogens is 3. The Bertz CT molecular complexity index is 2460. The summed E-state index contributed by atoms with van der Waals surface area (Å²) in [5.41, 5.74) is 8.54. The molecular weight excluding hydrogens is 514 g/mol. The smallest absolute Gasteiger partial charge is 0.180 e. The molecule has 9 rings (SSSR count). The van der Waals surface area contributed by atoms with E-state index in [2.05, 4.69) is 126 Å². The molecule has 42 heavy (non-hydrogen) atoms. The summed E-state index contributed by atoms with van der Waals surface area (Å²) in [4.78, 5) is 10.2. The van der Waals surface area contributed by atoms with Gasteiger partial charge in [0.2, 0.25) is 0 Å². The molecule has 0 aliphatic rings. The van der Waals surface area contributed by atoms with Gasteiger partial charge in [-0.15, -0.1) is 0 Å². The molecule has 0 fully saturated rings. The molecule has 0 bridgehead atoms. The zero-order valence-electron chi connectivity index (χ0n) is 22.5. The van der Waals surface area contributed by atoms with Crippen molar-refractivity contribution in [2.75, 3.05) is 0 Å². The van der Waals surface area contributed by atoms with Gasteiger partial charge in [0.1, 0.15) is 16.8 Å². The average Bonchev–Trinajstić information content (AvgIpc) is 3.59. The molecule has 0 aliphatic heterocycles. The van der Waals surface area contributed by atoms with Crippen molar-refractivity contribution >= 4 is 54.6 Å². The van der Waals surface area contributed by atoms with Gasteiger partial charge in [-0.3, -0.25) is 0 Å². The quantitative estimate of drug-likeness (QED) is 0.225. The van der Waals surface area contributed by atoms with Gasteiger partial charge in [0.25, 0.3) is 0 Å². The summed E-state index contributed by atoms with van der Waals surface area (Å²) >= 11 is 0. The van der Waals surface area contributed by atoms with Crippen LogP contribution in [0.1, 0.15) is 0 Å². The van der Waals surface area contributed by atoms with Crippen molar-refractivity contribution in [1.82, 2.24) is 14.5 Å². The molecule has 3 heterocycles. The van der Waals surface area contributed by atoms with E-state index >= 15 is 0 Å². The normalized spacial score (nSPS) is 11.8. The van der Waals surface area contributed by atoms with Gasteiger partial charge in [0, 0.05) is 33.0 Å². The summed E-state index contributed by atoms with van der Waals surface area (Å²) in [7, 11) is 0. The summed E-state index contributed by atoms with van der Waals surface area (Å²) in [5, 5.41) is 5.65. The van der Waals surface area contributed by atoms with Crippen molar-refractivity contribution in [3.05, 3.63) is 140 Å². The Morgan fingerprint density at radius 1 is 0.500 bits per heavy atom. The van der Waals surface area contributed by atoms with E-state index in [4.69, 9.17) is 14.4 Å². The SMILES string of the molecule is c1ccc(-c2nc(-c3ccc4c(c3)c3ccccc3n4-c3ccccc3)c3oc4cc5ccccc5cc4c3n2)cc1. The molecule has 4 heteroatoms. The van der Waals surface area contributed by atoms with Gasteiger partial charge in [0.15, 0.2) is 11.4 Å². The Morgan fingerprint density at radius 3 is 2.02 bits per heavy atom. The second kappa shape index (κ2) is 8.88.